The van der Waals surface area contributed by atoms with Crippen LogP contribution < -0.4 is 15.8 Å². The highest BCUT2D eigenvalue weighted by atomic mass is 35.5. The van der Waals surface area contributed by atoms with Gasteiger partial charge in [-0.1, -0.05) is 24.3 Å². The summed E-state index contributed by atoms with van der Waals surface area (Å²) in [6.07, 6.45) is 0. The summed E-state index contributed by atoms with van der Waals surface area (Å²) in [7, 11) is -3.80. The number of nitrogens with two attached hydrogens (primary N) is 1. The first-order valence-electron chi connectivity index (χ1n) is 7.94. The maximum absolute atomic E-state index is 12.7. The first-order chi connectivity index (χ1) is 11.7. The van der Waals surface area contributed by atoms with Crippen LogP contribution in [0.5, 0.6) is 0 Å². The largest absolute Gasteiger partial charge is 0.348 e. The molecule has 26 heavy (non-hydrogen) atoms. The Morgan fingerprint density at radius 2 is 1.77 bits per heavy atom. The van der Waals surface area contributed by atoms with Crippen LogP contribution in [-0.2, 0) is 10.0 Å². The van der Waals surface area contributed by atoms with Crippen molar-refractivity contribution in [2.24, 2.45) is 5.73 Å². The van der Waals surface area contributed by atoms with Crippen LogP contribution in [-0.4, -0.2) is 26.9 Å². The van der Waals surface area contributed by atoms with Gasteiger partial charge in [0.25, 0.3) is 15.9 Å². The zero-order valence-electron chi connectivity index (χ0n) is 14.9. The summed E-state index contributed by atoms with van der Waals surface area (Å²) in [5.41, 5.74) is 7.84. The highest BCUT2D eigenvalue weighted by molar-refractivity contribution is 7.92. The van der Waals surface area contributed by atoms with E-state index in [1.807, 2.05) is 19.1 Å². The van der Waals surface area contributed by atoms with Crippen LogP contribution in [0.1, 0.15) is 28.4 Å². The van der Waals surface area contributed by atoms with Gasteiger partial charge in [0.15, 0.2) is 0 Å². The lowest BCUT2D eigenvalue weighted by Gasteiger charge is -2.15. The van der Waals surface area contributed by atoms with Crippen molar-refractivity contribution in [3.8, 4) is 0 Å². The van der Waals surface area contributed by atoms with E-state index >= 15 is 0 Å². The van der Waals surface area contributed by atoms with Gasteiger partial charge >= 0.3 is 0 Å². The highest BCUT2D eigenvalue weighted by Gasteiger charge is 2.19. The molecule has 0 saturated heterocycles. The van der Waals surface area contributed by atoms with Crippen LogP contribution in [0.3, 0.4) is 0 Å². The van der Waals surface area contributed by atoms with Gasteiger partial charge < -0.3 is 11.1 Å². The van der Waals surface area contributed by atoms with E-state index in [4.69, 9.17) is 5.73 Å². The fourth-order valence-corrected chi connectivity index (χ4v) is 3.42. The molecule has 142 valence electrons. The van der Waals surface area contributed by atoms with E-state index in [1.165, 1.54) is 12.1 Å². The molecule has 0 radical (unpaired) electrons. The zero-order valence-corrected chi connectivity index (χ0v) is 16.6. The van der Waals surface area contributed by atoms with Crippen LogP contribution >= 0.6 is 12.4 Å². The number of nitrogens with one attached hydrogen (secondary N) is 2. The molecule has 4 N–H and O–H groups in total. The summed E-state index contributed by atoms with van der Waals surface area (Å²) in [5.74, 6) is -0.344. The highest BCUT2D eigenvalue weighted by Crippen LogP contribution is 2.21. The average molecular weight is 398 g/mol. The zero-order chi connectivity index (χ0) is 18.6. The molecule has 2 rings (SSSR count). The molecule has 2 aromatic rings. The molecule has 1 amide bonds. The number of rotatable bonds is 6. The van der Waals surface area contributed by atoms with E-state index in [-0.39, 0.29) is 29.3 Å². The van der Waals surface area contributed by atoms with Gasteiger partial charge in [-0.2, -0.15) is 0 Å². The molecule has 1 atom stereocenters. The second-order valence-electron chi connectivity index (χ2n) is 6.01. The standard InChI is InChI=1S/C18H23N3O3S.ClH/c1-12-8-9-15(10-16(12)18(22)20-14(3)11-19)25(23,24)21-17-7-5-4-6-13(17)2;/h4-10,14,21H,11,19H2,1-3H3,(H,20,22);1H/t14-;/m0./s1. The van der Waals surface area contributed by atoms with Crippen LogP contribution in [0.25, 0.3) is 0 Å². The summed E-state index contributed by atoms with van der Waals surface area (Å²) < 4.78 is 27.9. The number of anilines is 1. The second-order valence-corrected chi connectivity index (χ2v) is 7.69. The fourth-order valence-electron chi connectivity index (χ4n) is 2.26. The summed E-state index contributed by atoms with van der Waals surface area (Å²) >= 11 is 0. The van der Waals surface area contributed by atoms with Gasteiger partial charge in [0.1, 0.15) is 0 Å². The molecule has 0 aliphatic heterocycles. The third kappa shape index (κ3) is 5.20. The molecule has 0 unspecified atom stereocenters. The van der Waals surface area contributed by atoms with E-state index in [9.17, 15) is 13.2 Å². The van der Waals surface area contributed by atoms with E-state index in [2.05, 4.69) is 10.0 Å². The predicted octanol–water partition coefficient (Wildman–Crippen LogP) is 2.60. The topological polar surface area (TPSA) is 101 Å². The summed E-state index contributed by atoms with van der Waals surface area (Å²) in [6.45, 7) is 5.67. The van der Waals surface area contributed by atoms with Crippen LogP contribution in [0.2, 0.25) is 0 Å². The molecule has 0 spiro atoms. The SMILES string of the molecule is Cc1ccccc1NS(=O)(=O)c1ccc(C)c(C(=O)N[C@@H](C)CN)c1.Cl. The van der Waals surface area contributed by atoms with E-state index in [0.717, 1.165) is 5.56 Å². The Morgan fingerprint density at radius 1 is 1.12 bits per heavy atom. The molecule has 0 aliphatic rings. The van der Waals surface area contributed by atoms with Gasteiger partial charge in [-0.3, -0.25) is 9.52 Å². The number of hydrogen-bond acceptors (Lipinski definition) is 4. The molecule has 2 aromatic carbocycles. The Morgan fingerprint density at radius 3 is 2.38 bits per heavy atom. The van der Waals surface area contributed by atoms with Crippen molar-refractivity contribution < 1.29 is 13.2 Å². The van der Waals surface area contributed by atoms with Gasteiger partial charge in [0.05, 0.1) is 10.6 Å². The molecule has 0 aliphatic carbocycles. The number of aryl methyl sites for hydroxylation is 2. The number of carbonyl (C=O) groups is 1. The van der Waals surface area contributed by atoms with Gasteiger partial charge in [0.2, 0.25) is 0 Å². The Hall–Kier alpha value is -2.09. The first kappa shape index (κ1) is 22.0. The third-order valence-electron chi connectivity index (χ3n) is 3.88. The molecule has 6 nitrogen and oxygen atoms in total. The number of carbonyl (C=O) groups excluding carboxylic acids is 1. The van der Waals surface area contributed by atoms with Gasteiger partial charge in [-0.05, 0) is 50.1 Å². The molecular formula is C18H24ClN3O3S. The van der Waals surface area contributed by atoms with Crippen molar-refractivity contribution in [3.63, 3.8) is 0 Å². The predicted molar refractivity (Wildman–Crippen MR) is 106 cm³/mol. The summed E-state index contributed by atoms with van der Waals surface area (Å²) in [6, 6.07) is 11.4. The second kappa shape index (κ2) is 9.02. The lowest BCUT2D eigenvalue weighted by molar-refractivity contribution is 0.0940. The fraction of sp³-hybridized carbons (Fsp3) is 0.278. The molecule has 0 bridgehead atoms. The lowest BCUT2D eigenvalue weighted by atomic mass is 10.1. The minimum atomic E-state index is -3.80. The van der Waals surface area contributed by atoms with Crippen LogP contribution in [0, 0.1) is 13.8 Å². The molecule has 0 heterocycles. The minimum Gasteiger partial charge on any atom is -0.348 e. The molecule has 0 fully saturated rings. The van der Waals surface area contributed by atoms with Crippen molar-refractivity contribution in [1.82, 2.24) is 5.32 Å². The monoisotopic (exact) mass is 397 g/mol. The summed E-state index contributed by atoms with van der Waals surface area (Å²) in [4.78, 5) is 12.4. The number of para-hydroxylation sites is 1. The maximum Gasteiger partial charge on any atom is 0.261 e. The smallest absolute Gasteiger partial charge is 0.261 e. The number of amides is 1. The van der Waals surface area contributed by atoms with Crippen molar-refractivity contribution in [2.75, 3.05) is 11.3 Å². The first-order valence-corrected chi connectivity index (χ1v) is 9.43. The quantitative estimate of drug-likeness (QED) is 0.697. The van der Waals surface area contributed by atoms with Crippen molar-refractivity contribution in [1.29, 1.82) is 0 Å². The summed E-state index contributed by atoms with van der Waals surface area (Å²) in [5, 5.41) is 2.74. The van der Waals surface area contributed by atoms with Crippen LogP contribution in [0.4, 0.5) is 5.69 Å². The number of halogens is 1. The van der Waals surface area contributed by atoms with Crippen molar-refractivity contribution in [3.05, 3.63) is 59.2 Å². The Kier molecular flexibility index (Phi) is 7.62. The average Bonchev–Trinajstić information content (AvgIpc) is 2.56. The van der Waals surface area contributed by atoms with Gasteiger partial charge in [0, 0.05) is 18.2 Å². The number of hydrogen-bond donors (Lipinski definition) is 3. The van der Waals surface area contributed by atoms with Crippen molar-refractivity contribution >= 4 is 34.0 Å². The van der Waals surface area contributed by atoms with E-state index in [1.54, 1.807) is 32.0 Å². The van der Waals surface area contributed by atoms with E-state index in [0.29, 0.717) is 23.4 Å². The third-order valence-corrected chi connectivity index (χ3v) is 5.25. The number of benzene rings is 2. The number of sulfonamides is 1. The normalized spacial score (nSPS) is 12.0. The van der Waals surface area contributed by atoms with Gasteiger partial charge in [-0.25, -0.2) is 8.42 Å². The van der Waals surface area contributed by atoms with Gasteiger partial charge in [-0.15, -0.1) is 12.4 Å². The maximum atomic E-state index is 12.7. The Balaban J connectivity index is 0.00000338. The Labute approximate surface area is 160 Å². The molecule has 0 saturated carbocycles. The molecule has 8 heteroatoms. The Bertz CT molecular complexity index is 885. The molecular weight excluding hydrogens is 374 g/mol. The minimum absolute atomic E-state index is 0. The van der Waals surface area contributed by atoms with Crippen molar-refractivity contribution in [2.45, 2.75) is 31.7 Å². The van der Waals surface area contributed by atoms with Crippen LogP contribution in [0.15, 0.2) is 47.4 Å². The van der Waals surface area contributed by atoms with E-state index < -0.39 is 10.0 Å². The molecule has 0 aromatic heterocycles. The lowest BCUT2D eigenvalue weighted by Crippen LogP contribution is -2.38.